The van der Waals surface area contributed by atoms with Crippen LogP contribution in [0.2, 0.25) is 0 Å². The summed E-state index contributed by atoms with van der Waals surface area (Å²) < 4.78 is 32.5. The van der Waals surface area contributed by atoms with Gasteiger partial charge in [-0.2, -0.15) is 4.98 Å². The fourth-order valence-electron chi connectivity index (χ4n) is 3.95. The molecule has 10 nitrogen and oxygen atoms in total. The van der Waals surface area contributed by atoms with Gasteiger partial charge in [0.05, 0.1) is 17.9 Å². The molecule has 0 saturated heterocycles. The van der Waals surface area contributed by atoms with E-state index in [1.54, 1.807) is 12.1 Å². The molecule has 1 aromatic carbocycles. The molecule has 0 radical (unpaired) electrons. The molecule has 2 aliphatic carbocycles. The third kappa shape index (κ3) is 4.47. The first kappa shape index (κ1) is 21.1. The second-order valence-electron chi connectivity index (χ2n) is 7.53. The number of nitrogens with zero attached hydrogens (tertiary/aromatic N) is 2. The van der Waals surface area contributed by atoms with Crippen LogP contribution in [0.4, 0.5) is 5.69 Å². The van der Waals surface area contributed by atoms with E-state index >= 15 is 0 Å². The van der Waals surface area contributed by atoms with Gasteiger partial charge in [-0.3, -0.25) is 4.79 Å². The zero-order chi connectivity index (χ0) is 22.2. The highest BCUT2D eigenvalue weighted by Gasteiger charge is 2.33. The zero-order valence-corrected chi connectivity index (χ0v) is 17.4. The van der Waals surface area contributed by atoms with Crippen LogP contribution in [0.25, 0.3) is 17.0 Å². The molecule has 0 spiro atoms. The molecular weight excluding hydrogens is 424 g/mol. The van der Waals surface area contributed by atoms with Gasteiger partial charge < -0.3 is 20.5 Å². The molecule has 1 aromatic heterocycles. The van der Waals surface area contributed by atoms with Crippen LogP contribution in [0.1, 0.15) is 37.9 Å². The Morgan fingerprint density at radius 3 is 2.87 bits per heavy atom. The molecule has 0 fully saturated rings. The van der Waals surface area contributed by atoms with E-state index in [-0.39, 0.29) is 23.4 Å². The minimum atomic E-state index is -3.70. The first-order valence-electron chi connectivity index (χ1n) is 9.80. The van der Waals surface area contributed by atoms with Crippen LogP contribution in [0.15, 0.2) is 39.9 Å². The van der Waals surface area contributed by atoms with E-state index in [0.717, 1.165) is 16.7 Å². The monoisotopic (exact) mass is 446 g/mol. The Bertz CT molecular complexity index is 1200. The summed E-state index contributed by atoms with van der Waals surface area (Å²) in [5, 5.41) is 22.4. The van der Waals surface area contributed by atoms with Gasteiger partial charge in [0.15, 0.2) is 0 Å². The Kier molecular flexibility index (Phi) is 5.54. The van der Waals surface area contributed by atoms with Crippen LogP contribution in [0.5, 0.6) is 5.75 Å². The van der Waals surface area contributed by atoms with Crippen molar-refractivity contribution in [2.45, 2.75) is 38.1 Å². The number of allylic oxidation sites excluding steroid dienone is 3. The lowest BCUT2D eigenvalue weighted by Gasteiger charge is -2.20. The number of sulfonamides is 1. The first-order chi connectivity index (χ1) is 14.7. The summed E-state index contributed by atoms with van der Waals surface area (Å²) in [4.78, 5) is 15.2. The van der Waals surface area contributed by atoms with Crippen LogP contribution in [0.3, 0.4) is 0 Å². The van der Waals surface area contributed by atoms with E-state index in [4.69, 9.17) is 15.4 Å². The fourth-order valence-corrected chi connectivity index (χ4v) is 5.21. The Morgan fingerprint density at radius 1 is 1.32 bits per heavy atom. The Labute approximate surface area is 178 Å². The van der Waals surface area contributed by atoms with Crippen molar-refractivity contribution in [3.63, 3.8) is 0 Å². The number of rotatable bonds is 7. The minimum absolute atomic E-state index is 0.0314. The summed E-state index contributed by atoms with van der Waals surface area (Å²) in [6.45, 7) is 0. The number of aliphatic carboxylic acids is 1. The van der Waals surface area contributed by atoms with Gasteiger partial charge in [-0.05, 0) is 55.0 Å². The van der Waals surface area contributed by atoms with Crippen molar-refractivity contribution < 1.29 is 27.9 Å². The number of benzene rings is 1. The highest BCUT2D eigenvalue weighted by atomic mass is 32.2. The molecule has 5 N–H and O–H groups in total. The lowest BCUT2D eigenvalue weighted by molar-refractivity contribution is -0.136. The fraction of sp³-hybridized carbons (Fsp3) is 0.350. The molecule has 31 heavy (non-hydrogen) atoms. The number of nitrogen functional groups attached to an aromatic ring is 1. The Balaban J connectivity index is 1.55. The summed E-state index contributed by atoms with van der Waals surface area (Å²) in [5.74, 6) is -0.963. The first-order valence-corrected chi connectivity index (χ1v) is 11.5. The van der Waals surface area contributed by atoms with Crippen molar-refractivity contribution in [2.75, 3.05) is 11.5 Å². The van der Waals surface area contributed by atoms with Crippen molar-refractivity contribution in [3.05, 3.63) is 41.2 Å². The van der Waals surface area contributed by atoms with Gasteiger partial charge in [0.1, 0.15) is 5.75 Å². The smallest absolute Gasteiger partial charge is 0.304 e. The zero-order valence-electron chi connectivity index (χ0n) is 16.5. The van der Waals surface area contributed by atoms with Gasteiger partial charge >= 0.3 is 5.97 Å². The maximum Gasteiger partial charge on any atom is 0.304 e. The van der Waals surface area contributed by atoms with Crippen LogP contribution in [-0.2, 0) is 14.8 Å². The summed E-state index contributed by atoms with van der Waals surface area (Å²) in [5.41, 5.74) is 9.31. The molecule has 2 aliphatic rings. The third-order valence-electron chi connectivity index (χ3n) is 5.43. The Morgan fingerprint density at radius 2 is 2.13 bits per heavy atom. The SMILES string of the molecule is Nc1cc(-c2nc(C3=CCCC4=C3CC[C@@H]4NS(=O)(=O)CCC(=O)O)no2)ccc1O. The average molecular weight is 446 g/mol. The van der Waals surface area contributed by atoms with E-state index in [9.17, 15) is 18.3 Å². The van der Waals surface area contributed by atoms with Crippen molar-refractivity contribution in [3.8, 4) is 17.2 Å². The van der Waals surface area contributed by atoms with Crippen LogP contribution < -0.4 is 10.5 Å². The average Bonchev–Trinajstić information content (AvgIpc) is 3.36. The molecule has 164 valence electrons. The predicted octanol–water partition coefficient (Wildman–Crippen LogP) is 2.05. The summed E-state index contributed by atoms with van der Waals surface area (Å²) in [7, 11) is -3.70. The van der Waals surface area contributed by atoms with E-state index in [1.165, 1.54) is 6.07 Å². The molecule has 0 unspecified atom stereocenters. The number of nitrogens with one attached hydrogen (secondary N) is 1. The molecule has 0 aliphatic heterocycles. The highest BCUT2D eigenvalue weighted by Crippen LogP contribution is 2.42. The molecule has 11 heteroatoms. The molecule has 1 heterocycles. The largest absolute Gasteiger partial charge is 0.506 e. The number of aromatic hydroxyl groups is 1. The number of aromatic nitrogens is 2. The van der Waals surface area contributed by atoms with Crippen LogP contribution in [-0.4, -0.2) is 46.5 Å². The second-order valence-corrected chi connectivity index (χ2v) is 9.40. The normalized spacial score (nSPS) is 18.7. The van der Waals surface area contributed by atoms with Gasteiger partial charge in [0, 0.05) is 17.2 Å². The number of nitrogens with two attached hydrogens (primary N) is 1. The number of phenolic OH excluding ortho intramolecular Hbond substituents is 1. The lowest BCUT2D eigenvalue weighted by Crippen LogP contribution is -2.36. The number of carbonyl (C=O) groups is 1. The number of hydrogen-bond donors (Lipinski definition) is 4. The standard InChI is InChI=1S/C20H22N4O6S/c21-15-10-11(4-7-17(15)25)20-22-19(23-30-20)14-3-1-2-13-12(14)5-6-16(13)24-31(28,29)9-8-18(26)27/h3-4,7,10,16,24-25H,1-2,5-6,8-9,21H2,(H,26,27)/t16-/m0/s1. The van der Waals surface area contributed by atoms with E-state index in [2.05, 4.69) is 14.9 Å². The van der Waals surface area contributed by atoms with E-state index in [0.29, 0.717) is 37.1 Å². The van der Waals surface area contributed by atoms with Crippen LogP contribution >= 0.6 is 0 Å². The topological polar surface area (TPSA) is 169 Å². The number of carboxylic acid groups (broad SMARTS) is 1. The van der Waals surface area contributed by atoms with E-state index in [1.807, 2.05) is 6.08 Å². The van der Waals surface area contributed by atoms with Crippen molar-refractivity contribution in [2.24, 2.45) is 0 Å². The maximum atomic E-state index is 12.2. The summed E-state index contributed by atoms with van der Waals surface area (Å²) >= 11 is 0. The summed E-state index contributed by atoms with van der Waals surface area (Å²) in [6, 6.07) is 4.26. The van der Waals surface area contributed by atoms with Gasteiger partial charge in [-0.15, -0.1) is 0 Å². The molecule has 0 saturated carbocycles. The van der Waals surface area contributed by atoms with Gasteiger partial charge in [-0.25, -0.2) is 13.1 Å². The highest BCUT2D eigenvalue weighted by molar-refractivity contribution is 7.89. The molecule has 0 amide bonds. The van der Waals surface area contributed by atoms with Crippen molar-refractivity contribution in [1.82, 2.24) is 14.9 Å². The quantitative estimate of drug-likeness (QED) is 0.367. The predicted molar refractivity (Wildman–Crippen MR) is 112 cm³/mol. The molecule has 2 aromatic rings. The van der Waals surface area contributed by atoms with Crippen molar-refractivity contribution in [1.29, 1.82) is 0 Å². The number of anilines is 1. The molecular formula is C20H22N4O6S. The molecule has 4 rings (SSSR count). The van der Waals surface area contributed by atoms with Crippen LogP contribution in [0, 0.1) is 0 Å². The number of hydrogen-bond acceptors (Lipinski definition) is 8. The Hall–Kier alpha value is -3.18. The van der Waals surface area contributed by atoms with Crippen molar-refractivity contribution >= 4 is 27.3 Å². The molecule has 0 bridgehead atoms. The third-order valence-corrected chi connectivity index (χ3v) is 6.81. The van der Waals surface area contributed by atoms with Gasteiger partial charge in [-0.1, -0.05) is 11.2 Å². The molecule has 1 atom stereocenters. The summed E-state index contributed by atoms with van der Waals surface area (Å²) in [6.07, 6.45) is 4.24. The number of phenols is 1. The van der Waals surface area contributed by atoms with Gasteiger partial charge in [0.2, 0.25) is 15.8 Å². The number of carboxylic acids is 1. The second kappa shape index (κ2) is 8.16. The van der Waals surface area contributed by atoms with Gasteiger partial charge in [0.25, 0.3) is 5.89 Å². The lowest BCUT2D eigenvalue weighted by atomic mass is 9.91. The maximum absolute atomic E-state index is 12.2. The minimum Gasteiger partial charge on any atom is -0.506 e. The van der Waals surface area contributed by atoms with E-state index < -0.39 is 28.2 Å².